The van der Waals surface area contributed by atoms with E-state index in [2.05, 4.69) is 10.1 Å². The van der Waals surface area contributed by atoms with Crippen molar-refractivity contribution in [3.8, 4) is 22.8 Å². The van der Waals surface area contributed by atoms with Crippen LogP contribution in [-0.2, 0) is 9.53 Å². The van der Waals surface area contributed by atoms with Crippen molar-refractivity contribution in [3.05, 3.63) is 60.4 Å². The number of pyridine rings is 1. The number of hydrogen-bond acceptors (Lipinski definition) is 7. The molecule has 3 aromatic rings. The van der Waals surface area contributed by atoms with Crippen molar-refractivity contribution in [3.63, 3.8) is 0 Å². The Morgan fingerprint density at radius 3 is 2.58 bits per heavy atom. The van der Waals surface area contributed by atoms with Crippen molar-refractivity contribution in [2.75, 3.05) is 40.4 Å². The van der Waals surface area contributed by atoms with E-state index in [1.54, 1.807) is 41.9 Å². The van der Waals surface area contributed by atoms with E-state index >= 15 is 0 Å². The number of nitrogens with zero attached hydrogens (tertiary/aromatic N) is 5. The summed E-state index contributed by atoms with van der Waals surface area (Å²) in [7, 11) is 3.48. The van der Waals surface area contributed by atoms with Crippen molar-refractivity contribution in [1.29, 1.82) is 0 Å². The minimum atomic E-state index is -0.677. The Labute approximate surface area is 192 Å². The maximum atomic E-state index is 13.5. The minimum Gasteiger partial charge on any atom is -0.481 e. The Morgan fingerprint density at radius 2 is 1.91 bits per heavy atom. The van der Waals surface area contributed by atoms with E-state index in [-0.39, 0.29) is 18.2 Å². The van der Waals surface area contributed by atoms with Gasteiger partial charge < -0.3 is 19.3 Å². The highest BCUT2D eigenvalue weighted by Gasteiger charge is 2.36. The number of rotatable bonds is 6. The number of methoxy groups -OCH3 is 1. The topological polar surface area (TPSA) is 89.8 Å². The molecule has 0 spiro atoms. The summed E-state index contributed by atoms with van der Waals surface area (Å²) in [6, 6.07) is 14.3. The first-order valence-electron chi connectivity index (χ1n) is 10.8. The van der Waals surface area contributed by atoms with Gasteiger partial charge in [-0.05, 0) is 26.1 Å². The summed E-state index contributed by atoms with van der Waals surface area (Å²) in [6.45, 7) is 3.51. The van der Waals surface area contributed by atoms with Crippen LogP contribution in [0.3, 0.4) is 0 Å². The summed E-state index contributed by atoms with van der Waals surface area (Å²) in [5.74, 6) is -0.226. The molecule has 1 unspecified atom stereocenters. The molecule has 4 rings (SSSR count). The number of likely N-dealkylation sites (N-methyl/N-ethyl adjacent to an activating group) is 1. The van der Waals surface area contributed by atoms with Crippen LogP contribution in [-0.4, -0.2) is 82.9 Å². The quantitative estimate of drug-likeness (QED) is 0.533. The predicted molar refractivity (Wildman–Crippen MR) is 122 cm³/mol. The fraction of sp³-hybridized carbons (Fsp3) is 0.333. The lowest BCUT2D eigenvalue weighted by Crippen LogP contribution is -2.57. The number of amides is 1. The molecule has 1 atom stereocenters. The third-order valence-corrected chi connectivity index (χ3v) is 5.58. The lowest BCUT2D eigenvalue weighted by Gasteiger charge is -2.38. The van der Waals surface area contributed by atoms with Gasteiger partial charge in [0.15, 0.2) is 5.69 Å². The van der Waals surface area contributed by atoms with Gasteiger partial charge in [0.25, 0.3) is 5.91 Å². The van der Waals surface area contributed by atoms with Crippen LogP contribution in [0.4, 0.5) is 0 Å². The number of carbonyl (C=O) groups excluding carboxylic acids is 2. The maximum absolute atomic E-state index is 13.5. The second-order valence-electron chi connectivity index (χ2n) is 7.78. The normalized spacial score (nSPS) is 16.5. The first kappa shape index (κ1) is 22.5. The highest BCUT2D eigenvalue weighted by Crippen LogP contribution is 2.26. The SMILES string of the molecule is CCOC(=O)C1CN(C)CCN1C(=O)c1cc(-c2ccccc2)n(-c2ccc(OC)nc2)n1. The fourth-order valence-corrected chi connectivity index (χ4v) is 3.87. The number of esters is 1. The van der Waals surface area contributed by atoms with Crippen LogP contribution in [0.1, 0.15) is 17.4 Å². The molecule has 1 aromatic carbocycles. The molecule has 2 aromatic heterocycles. The smallest absolute Gasteiger partial charge is 0.330 e. The molecule has 1 aliphatic heterocycles. The van der Waals surface area contributed by atoms with Gasteiger partial charge in [-0.25, -0.2) is 14.5 Å². The van der Waals surface area contributed by atoms with Crippen molar-refractivity contribution < 1.29 is 19.1 Å². The number of benzene rings is 1. The Kier molecular flexibility index (Phi) is 6.69. The van der Waals surface area contributed by atoms with E-state index in [9.17, 15) is 9.59 Å². The number of piperazine rings is 1. The van der Waals surface area contributed by atoms with Crippen LogP contribution in [0.5, 0.6) is 5.88 Å². The molecular weight excluding hydrogens is 422 g/mol. The van der Waals surface area contributed by atoms with E-state index in [4.69, 9.17) is 9.47 Å². The highest BCUT2D eigenvalue weighted by atomic mass is 16.5. The van der Waals surface area contributed by atoms with Gasteiger partial charge in [0.05, 0.1) is 31.3 Å². The van der Waals surface area contributed by atoms with Crippen molar-refractivity contribution in [1.82, 2.24) is 24.6 Å². The van der Waals surface area contributed by atoms with Crippen molar-refractivity contribution in [2.45, 2.75) is 13.0 Å². The Bertz CT molecular complexity index is 1110. The molecule has 9 heteroatoms. The summed E-state index contributed by atoms with van der Waals surface area (Å²) >= 11 is 0. The fourth-order valence-electron chi connectivity index (χ4n) is 3.87. The predicted octanol–water partition coefficient (Wildman–Crippen LogP) is 2.26. The van der Waals surface area contributed by atoms with E-state index in [0.717, 1.165) is 11.3 Å². The molecule has 0 aliphatic carbocycles. The number of hydrogen-bond donors (Lipinski definition) is 0. The van der Waals surface area contributed by atoms with E-state index in [1.807, 2.05) is 48.3 Å². The Balaban J connectivity index is 1.73. The molecule has 1 saturated heterocycles. The zero-order valence-electron chi connectivity index (χ0n) is 19.0. The van der Waals surface area contributed by atoms with Crippen LogP contribution in [0.25, 0.3) is 16.9 Å². The molecule has 0 saturated carbocycles. The molecule has 9 nitrogen and oxygen atoms in total. The molecular formula is C24H27N5O4. The lowest BCUT2D eigenvalue weighted by molar-refractivity contribution is -0.150. The maximum Gasteiger partial charge on any atom is 0.330 e. The summed E-state index contributed by atoms with van der Waals surface area (Å²) in [4.78, 5) is 34.0. The standard InChI is InChI=1S/C24H27N5O4/c1-4-33-24(31)21-16-27(2)12-13-28(21)23(30)19-14-20(17-8-6-5-7-9-17)29(26-19)18-10-11-22(32-3)25-15-18/h5-11,14-15,21H,4,12-13,16H2,1-3H3. The van der Waals surface area contributed by atoms with Gasteiger partial charge in [-0.1, -0.05) is 30.3 Å². The first-order valence-corrected chi connectivity index (χ1v) is 10.8. The molecule has 33 heavy (non-hydrogen) atoms. The van der Waals surface area contributed by atoms with Crippen molar-refractivity contribution in [2.24, 2.45) is 0 Å². The molecule has 3 heterocycles. The molecule has 1 fully saturated rings. The molecule has 1 aliphatic rings. The van der Waals surface area contributed by atoms with Crippen LogP contribution < -0.4 is 4.74 Å². The van der Waals surface area contributed by atoms with Gasteiger partial charge in [-0.3, -0.25) is 4.79 Å². The number of carbonyl (C=O) groups is 2. The first-order chi connectivity index (χ1) is 16.0. The van der Waals surface area contributed by atoms with E-state index < -0.39 is 12.0 Å². The Hall–Kier alpha value is -3.72. The number of ether oxygens (including phenoxy) is 2. The van der Waals surface area contributed by atoms with E-state index in [1.165, 1.54) is 0 Å². The summed E-state index contributed by atoms with van der Waals surface area (Å²) < 4.78 is 12.1. The molecule has 0 N–H and O–H groups in total. The third-order valence-electron chi connectivity index (χ3n) is 5.58. The average Bonchev–Trinajstić information content (AvgIpc) is 3.30. The second kappa shape index (κ2) is 9.83. The second-order valence-corrected chi connectivity index (χ2v) is 7.78. The van der Waals surface area contributed by atoms with Crippen LogP contribution in [0.15, 0.2) is 54.7 Å². The zero-order chi connectivity index (χ0) is 23.4. The van der Waals surface area contributed by atoms with Crippen LogP contribution >= 0.6 is 0 Å². The zero-order valence-corrected chi connectivity index (χ0v) is 19.0. The highest BCUT2D eigenvalue weighted by molar-refractivity contribution is 5.96. The Morgan fingerprint density at radius 1 is 1.12 bits per heavy atom. The average molecular weight is 450 g/mol. The summed E-state index contributed by atoms with van der Waals surface area (Å²) in [5.41, 5.74) is 2.59. The summed E-state index contributed by atoms with van der Waals surface area (Å²) in [6.07, 6.45) is 1.64. The van der Waals surface area contributed by atoms with Crippen LogP contribution in [0, 0.1) is 0 Å². The largest absolute Gasteiger partial charge is 0.481 e. The number of aromatic nitrogens is 3. The molecule has 0 bridgehead atoms. The molecule has 0 radical (unpaired) electrons. The third kappa shape index (κ3) is 4.73. The van der Waals surface area contributed by atoms with Gasteiger partial charge in [-0.15, -0.1) is 0 Å². The minimum absolute atomic E-state index is 0.253. The van der Waals surface area contributed by atoms with E-state index in [0.29, 0.717) is 31.2 Å². The van der Waals surface area contributed by atoms with Gasteiger partial charge in [0.1, 0.15) is 6.04 Å². The van der Waals surface area contributed by atoms with Crippen molar-refractivity contribution >= 4 is 11.9 Å². The van der Waals surface area contributed by atoms with Crippen LogP contribution in [0.2, 0.25) is 0 Å². The van der Waals surface area contributed by atoms with Gasteiger partial charge in [-0.2, -0.15) is 5.10 Å². The molecule has 1 amide bonds. The van der Waals surface area contributed by atoms with Gasteiger partial charge >= 0.3 is 5.97 Å². The summed E-state index contributed by atoms with van der Waals surface area (Å²) in [5, 5.41) is 4.63. The monoisotopic (exact) mass is 449 g/mol. The molecule has 172 valence electrons. The van der Waals surface area contributed by atoms with Gasteiger partial charge in [0, 0.05) is 31.3 Å². The lowest BCUT2D eigenvalue weighted by atomic mass is 10.1. The van der Waals surface area contributed by atoms with Gasteiger partial charge in [0.2, 0.25) is 5.88 Å².